The summed E-state index contributed by atoms with van der Waals surface area (Å²) in [6.07, 6.45) is 0.832. The van der Waals surface area contributed by atoms with Gasteiger partial charge < -0.3 is 10.1 Å². The monoisotopic (exact) mass is 356 g/mol. The Labute approximate surface area is 136 Å². The van der Waals surface area contributed by atoms with E-state index in [0.29, 0.717) is 34.5 Å². The second-order valence-electron chi connectivity index (χ2n) is 5.05. The van der Waals surface area contributed by atoms with Crippen LogP contribution >= 0.6 is 15.9 Å². The molecule has 1 aliphatic heterocycles. The van der Waals surface area contributed by atoms with Crippen molar-refractivity contribution in [3.05, 3.63) is 63.1 Å². The number of benzene rings is 2. The predicted molar refractivity (Wildman–Crippen MR) is 86.6 cm³/mol. The molecule has 0 saturated heterocycles. The summed E-state index contributed by atoms with van der Waals surface area (Å²) >= 11 is 3.32. The van der Waals surface area contributed by atoms with E-state index in [2.05, 4.69) is 27.3 Å². The molecule has 0 aromatic heterocycles. The van der Waals surface area contributed by atoms with Gasteiger partial charge in [-0.2, -0.15) is 5.26 Å². The fraction of sp³-hybridized carbons (Fsp3) is 0.176. The van der Waals surface area contributed by atoms with Gasteiger partial charge in [0.25, 0.3) is 5.91 Å². The molecule has 0 unspecified atom stereocenters. The molecule has 2 aromatic rings. The highest BCUT2D eigenvalue weighted by atomic mass is 79.9. The summed E-state index contributed by atoms with van der Waals surface area (Å²) in [6, 6.07) is 12.9. The van der Waals surface area contributed by atoms with Crippen LogP contribution in [0.25, 0.3) is 0 Å². The van der Waals surface area contributed by atoms with Gasteiger partial charge in [-0.05, 0) is 63.8 Å². The zero-order valence-corrected chi connectivity index (χ0v) is 13.3. The van der Waals surface area contributed by atoms with E-state index >= 15 is 0 Å². The number of carbonyl (C=O) groups is 1. The van der Waals surface area contributed by atoms with E-state index in [1.54, 1.807) is 18.2 Å². The zero-order chi connectivity index (χ0) is 15.5. The smallest absolute Gasteiger partial charge is 0.255 e. The van der Waals surface area contributed by atoms with Gasteiger partial charge in [0, 0.05) is 15.7 Å². The van der Waals surface area contributed by atoms with Crippen molar-refractivity contribution in [3.63, 3.8) is 0 Å². The maximum absolute atomic E-state index is 12.3. The molecule has 1 N–H and O–H groups in total. The first-order chi connectivity index (χ1) is 10.7. The maximum atomic E-state index is 12.3. The Balaban J connectivity index is 1.80. The van der Waals surface area contributed by atoms with E-state index in [1.807, 2.05) is 18.2 Å². The summed E-state index contributed by atoms with van der Waals surface area (Å²) < 4.78 is 6.06. The molecule has 0 spiro atoms. The molecule has 1 amide bonds. The molecule has 3 rings (SSSR count). The summed E-state index contributed by atoms with van der Waals surface area (Å²) in [5.41, 5.74) is 4.12. The standard InChI is InChI=1S/C17H13BrN2O2/c18-16-8-15(4-3-13(16)9-19)20-17(21)12-1-2-14-10-22-6-5-11(14)7-12/h1-4,7-8H,5-6,10H2,(H,20,21). The quantitative estimate of drug-likeness (QED) is 0.893. The molecule has 4 nitrogen and oxygen atoms in total. The number of fused-ring (bicyclic) bond motifs is 1. The van der Waals surface area contributed by atoms with E-state index in [-0.39, 0.29) is 5.91 Å². The molecule has 0 aliphatic carbocycles. The molecular weight excluding hydrogens is 344 g/mol. The van der Waals surface area contributed by atoms with Gasteiger partial charge >= 0.3 is 0 Å². The molecule has 110 valence electrons. The minimum Gasteiger partial charge on any atom is -0.376 e. The lowest BCUT2D eigenvalue weighted by Crippen LogP contribution is -2.15. The molecule has 5 heteroatoms. The van der Waals surface area contributed by atoms with Gasteiger partial charge in [-0.1, -0.05) is 6.07 Å². The van der Waals surface area contributed by atoms with Crippen molar-refractivity contribution in [1.29, 1.82) is 5.26 Å². The van der Waals surface area contributed by atoms with Crippen LogP contribution in [0.5, 0.6) is 0 Å². The third-order valence-electron chi connectivity index (χ3n) is 3.59. The zero-order valence-electron chi connectivity index (χ0n) is 11.7. The number of amides is 1. The van der Waals surface area contributed by atoms with Crippen LogP contribution in [0.1, 0.15) is 27.0 Å². The molecule has 2 aromatic carbocycles. The normalized spacial score (nSPS) is 13.1. The van der Waals surface area contributed by atoms with Crippen LogP contribution in [0.15, 0.2) is 40.9 Å². The van der Waals surface area contributed by atoms with E-state index < -0.39 is 0 Å². The minimum absolute atomic E-state index is 0.161. The number of hydrogen-bond donors (Lipinski definition) is 1. The third-order valence-corrected chi connectivity index (χ3v) is 4.25. The number of nitrogens with one attached hydrogen (secondary N) is 1. The second-order valence-corrected chi connectivity index (χ2v) is 5.90. The number of rotatable bonds is 2. The lowest BCUT2D eigenvalue weighted by atomic mass is 10.00. The largest absolute Gasteiger partial charge is 0.376 e. The number of nitrogens with zero attached hydrogens (tertiary/aromatic N) is 1. The van der Waals surface area contributed by atoms with Gasteiger partial charge in [0.15, 0.2) is 0 Å². The van der Waals surface area contributed by atoms with Crippen LogP contribution in [0.4, 0.5) is 5.69 Å². The van der Waals surface area contributed by atoms with Crippen LogP contribution in [-0.2, 0) is 17.8 Å². The molecular formula is C17H13BrN2O2. The van der Waals surface area contributed by atoms with E-state index in [4.69, 9.17) is 10.00 Å². The fourth-order valence-electron chi connectivity index (χ4n) is 2.39. The van der Waals surface area contributed by atoms with E-state index in [0.717, 1.165) is 12.0 Å². The lowest BCUT2D eigenvalue weighted by molar-refractivity contribution is 0.102. The van der Waals surface area contributed by atoms with Gasteiger partial charge in [0.05, 0.1) is 18.8 Å². The van der Waals surface area contributed by atoms with E-state index in [1.165, 1.54) is 5.56 Å². The molecule has 1 aliphatic rings. The molecule has 0 atom stereocenters. The Hall–Kier alpha value is -2.16. The van der Waals surface area contributed by atoms with Crippen molar-refractivity contribution in [3.8, 4) is 6.07 Å². The van der Waals surface area contributed by atoms with Crippen molar-refractivity contribution in [2.75, 3.05) is 11.9 Å². The predicted octanol–water partition coefficient (Wildman–Crippen LogP) is 3.65. The summed E-state index contributed by atoms with van der Waals surface area (Å²) in [5, 5.41) is 11.8. The van der Waals surface area contributed by atoms with Crippen molar-refractivity contribution in [1.82, 2.24) is 0 Å². The maximum Gasteiger partial charge on any atom is 0.255 e. The average Bonchev–Trinajstić information content (AvgIpc) is 2.54. The molecule has 1 heterocycles. The summed E-state index contributed by atoms with van der Waals surface area (Å²) in [4.78, 5) is 12.3. The number of carbonyl (C=O) groups excluding carboxylic acids is 1. The highest BCUT2D eigenvalue weighted by molar-refractivity contribution is 9.10. The van der Waals surface area contributed by atoms with Crippen molar-refractivity contribution in [2.24, 2.45) is 0 Å². The van der Waals surface area contributed by atoms with E-state index in [9.17, 15) is 4.79 Å². The molecule has 0 radical (unpaired) electrons. The minimum atomic E-state index is -0.161. The Kier molecular flexibility index (Phi) is 4.23. The third kappa shape index (κ3) is 3.03. The number of hydrogen-bond acceptors (Lipinski definition) is 3. The number of halogens is 1. The van der Waals surface area contributed by atoms with Gasteiger partial charge in [0.2, 0.25) is 0 Å². The fourth-order valence-corrected chi connectivity index (χ4v) is 2.86. The summed E-state index contributed by atoms with van der Waals surface area (Å²) in [5.74, 6) is -0.161. The van der Waals surface area contributed by atoms with Gasteiger partial charge in [-0.3, -0.25) is 4.79 Å². The van der Waals surface area contributed by atoms with Crippen molar-refractivity contribution >= 4 is 27.5 Å². The van der Waals surface area contributed by atoms with Crippen LogP contribution in [0.2, 0.25) is 0 Å². The van der Waals surface area contributed by atoms with Crippen LogP contribution in [0.3, 0.4) is 0 Å². The first-order valence-electron chi connectivity index (χ1n) is 6.88. The Bertz CT molecular complexity index is 781. The molecule has 0 fully saturated rings. The molecule has 22 heavy (non-hydrogen) atoms. The molecule has 0 bridgehead atoms. The van der Waals surface area contributed by atoms with Crippen molar-refractivity contribution < 1.29 is 9.53 Å². The highest BCUT2D eigenvalue weighted by Crippen LogP contribution is 2.22. The summed E-state index contributed by atoms with van der Waals surface area (Å²) in [6.45, 7) is 1.31. The van der Waals surface area contributed by atoms with Crippen molar-refractivity contribution in [2.45, 2.75) is 13.0 Å². The first kappa shape index (κ1) is 14.8. The summed E-state index contributed by atoms with van der Waals surface area (Å²) in [7, 11) is 0. The SMILES string of the molecule is N#Cc1ccc(NC(=O)c2ccc3c(c2)CCOC3)cc1Br. The Morgan fingerprint density at radius 2 is 2.09 bits per heavy atom. The first-order valence-corrected chi connectivity index (χ1v) is 7.67. The van der Waals surface area contributed by atoms with Gasteiger partial charge in [0.1, 0.15) is 6.07 Å². The van der Waals surface area contributed by atoms with Crippen LogP contribution < -0.4 is 5.32 Å². The van der Waals surface area contributed by atoms with Crippen LogP contribution in [0, 0.1) is 11.3 Å². The highest BCUT2D eigenvalue weighted by Gasteiger charge is 2.13. The van der Waals surface area contributed by atoms with Gasteiger partial charge in [-0.15, -0.1) is 0 Å². The number of anilines is 1. The molecule has 0 saturated carbocycles. The Morgan fingerprint density at radius 3 is 2.86 bits per heavy atom. The Morgan fingerprint density at radius 1 is 1.23 bits per heavy atom. The topological polar surface area (TPSA) is 62.1 Å². The van der Waals surface area contributed by atoms with Crippen LogP contribution in [-0.4, -0.2) is 12.5 Å². The van der Waals surface area contributed by atoms with Gasteiger partial charge in [-0.25, -0.2) is 0 Å². The second kappa shape index (κ2) is 6.30. The number of ether oxygens (including phenoxy) is 1. The average molecular weight is 357 g/mol. The number of nitriles is 1. The lowest BCUT2D eigenvalue weighted by Gasteiger charge is -2.17.